The van der Waals surface area contributed by atoms with Crippen molar-refractivity contribution in [3.05, 3.63) is 58.9 Å². The Balaban J connectivity index is 1.96. The number of fused-ring (bicyclic) bond motifs is 1. The molecule has 0 aromatic carbocycles. The van der Waals surface area contributed by atoms with E-state index in [9.17, 15) is 18.4 Å². The quantitative estimate of drug-likeness (QED) is 0.329. The van der Waals surface area contributed by atoms with Gasteiger partial charge in [0.25, 0.3) is 0 Å². The minimum atomic E-state index is -4.91. The van der Waals surface area contributed by atoms with Crippen LogP contribution in [0, 0.1) is 22.1 Å². The van der Waals surface area contributed by atoms with Crippen molar-refractivity contribution in [1.82, 2.24) is 25.4 Å². The number of alkyl halides is 3. The van der Waals surface area contributed by atoms with Crippen molar-refractivity contribution in [3.8, 4) is 6.07 Å². The molecule has 0 fully saturated rings. The van der Waals surface area contributed by atoms with Gasteiger partial charge in [-0.2, -0.15) is 33.8 Å². The molecule has 2 aromatic heterocycles. The van der Waals surface area contributed by atoms with Crippen LogP contribution in [-0.4, -0.2) is 51.1 Å². The summed E-state index contributed by atoms with van der Waals surface area (Å²) in [5.74, 6) is -0.185. The van der Waals surface area contributed by atoms with Crippen LogP contribution in [0.3, 0.4) is 0 Å². The summed E-state index contributed by atoms with van der Waals surface area (Å²) in [6.45, 7) is 3.61. The number of nitrogens with zero attached hydrogens (tertiary/aromatic N) is 7. The maximum absolute atomic E-state index is 14.0. The molecule has 3 heterocycles. The van der Waals surface area contributed by atoms with Gasteiger partial charge in [0.05, 0.1) is 35.4 Å². The average molecular weight is 485 g/mol. The lowest BCUT2D eigenvalue weighted by Gasteiger charge is -2.19. The molecule has 0 saturated carbocycles. The number of anilines is 1. The number of hydrazone groups is 2. The first-order chi connectivity index (χ1) is 16.3. The smallest absolute Gasteiger partial charge is 0.354 e. The minimum absolute atomic E-state index is 0.0661. The van der Waals surface area contributed by atoms with E-state index in [1.165, 1.54) is 24.0 Å². The summed E-state index contributed by atoms with van der Waals surface area (Å²) < 4.78 is 41.9. The number of rotatable bonds is 8. The topological polar surface area (TPSA) is 162 Å². The van der Waals surface area contributed by atoms with E-state index in [2.05, 4.69) is 42.4 Å². The monoisotopic (exact) mass is 485 g/mol. The summed E-state index contributed by atoms with van der Waals surface area (Å²) in [4.78, 5) is 12.2. The van der Waals surface area contributed by atoms with E-state index in [-0.39, 0.29) is 28.3 Å². The van der Waals surface area contributed by atoms with Gasteiger partial charge < -0.3 is 21.5 Å². The highest BCUT2D eigenvalue weighted by atomic mass is 32.1. The Hall–Kier alpha value is -4.71. The van der Waals surface area contributed by atoms with Crippen molar-refractivity contribution < 1.29 is 13.2 Å². The van der Waals surface area contributed by atoms with Crippen LogP contribution in [0.2, 0.25) is 0 Å². The first-order valence-corrected chi connectivity index (χ1v) is 9.94. The highest BCUT2D eigenvalue weighted by Crippen LogP contribution is 2.32. The second-order valence-electron chi connectivity index (χ2n) is 6.18. The van der Waals surface area contributed by atoms with E-state index in [1.807, 2.05) is 6.07 Å². The molecule has 0 saturated heterocycles. The molecule has 0 radical (unpaired) electrons. The summed E-state index contributed by atoms with van der Waals surface area (Å²) in [7, 11) is 0. The average Bonchev–Trinajstić information content (AvgIpc) is 3.20. The number of nitriles is 1. The van der Waals surface area contributed by atoms with E-state index < -0.39 is 17.4 Å². The Morgan fingerprint density at radius 2 is 2.06 bits per heavy atom. The Kier molecular flexibility index (Phi) is 7.23. The Labute approximate surface area is 194 Å². The number of halogens is 3. The molecule has 172 valence electrons. The second kappa shape index (κ2) is 10.3. The first-order valence-electron chi connectivity index (χ1n) is 9.06. The third kappa shape index (κ3) is 5.55. The predicted octanol–water partition coefficient (Wildman–Crippen LogP) is 3.30. The lowest BCUT2D eigenvalue weighted by Crippen LogP contribution is -2.26. The third-order valence-corrected chi connectivity index (χ3v) is 4.70. The minimum Gasteiger partial charge on any atom is -0.354 e. The van der Waals surface area contributed by atoms with Crippen molar-refractivity contribution in [3.63, 3.8) is 0 Å². The lowest BCUT2D eigenvalue weighted by atomic mass is 10.1. The highest BCUT2D eigenvalue weighted by molar-refractivity contribution is 7.16. The van der Waals surface area contributed by atoms with Gasteiger partial charge >= 0.3 is 6.18 Å². The van der Waals surface area contributed by atoms with Crippen LogP contribution in [-0.2, 0) is 0 Å². The largest absolute Gasteiger partial charge is 0.432 e. The van der Waals surface area contributed by atoms with Crippen molar-refractivity contribution >= 4 is 52.4 Å². The van der Waals surface area contributed by atoms with Crippen molar-refractivity contribution in [2.45, 2.75) is 6.18 Å². The van der Waals surface area contributed by atoms with Crippen molar-refractivity contribution in [1.29, 1.82) is 16.1 Å². The summed E-state index contributed by atoms with van der Waals surface area (Å²) in [5.41, 5.74) is -0.476. The maximum Gasteiger partial charge on any atom is 0.432 e. The normalized spacial score (nSPS) is 14.6. The Bertz CT molecular complexity index is 1320. The molecule has 0 unspecified atom stereocenters. The number of aromatic nitrogens is 3. The standard InChI is InChI=1S/C19H14F3N11S/c1-11(31-13-4-12(5-24)8-33(30-7-13)29-3-2-23)14(6-25)16(19(20,21)22)32-17-15-18(27-9-26-17)34-10-28-15/h2-4,6-10,23,25,31H,1H2,(H,26,27,32)/b16-14+,23-2?,25-6?,29-3-. The third-order valence-electron chi connectivity index (χ3n) is 3.97. The van der Waals surface area contributed by atoms with Crippen LogP contribution in [0.1, 0.15) is 0 Å². The van der Waals surface area contributed by atoms with Crippen molar-refractivity contribution in [2.75, 3.05) is 5.32 Å². The van der Waals surface area contributed by atoms with Crippen LogP contribution in [0.25, 0.3) is 10.3 Å². The fourth-order valence-corrected chi connectivity index (χ4v) is 3.19. The molecule has 11 nitrogen and oxygen atoms in total. The summed E-state index contributed by atoms with van der Waals surface area (Å²) >= 11 is 1.13. The van der Waals surface area contributed by atoms with Gasteiger partial charge in [-0.15, -0.1) is 11.3 Å². The van der Waals surface area contributed by atoms with Crippen LogP contribution in [0.4, 0.5) is 19.0 Å². The summed E-state index contributed by atoms with van der Waals surface area (Å²) in [6, 6.07) is 1.88. The fraction of sp³-hybridized carbons (Fsp3) is 0.0526. The van der Waals surface area contributed by atoms with Gasteiger partial charge in [-0.1, -0.05) is 6.58 Å². The lowest BCUT2D eigenvalue weighted by molar-refractivity contribution is -0.0906. The molecule has 0 aliphatic carbocycles. The molecule has 1 aliphatic rings. The predicted molar refractivity (Wildman–Crippen MR) is 122 cm³/mol. The second-order valence-corrected chi connectivity index (χ2v) is 7.01. The van der Waals surface area contributed by atoms with Gasteiger partial charge in [0.2, 0.25) is 0 Å². The van der Waals surface area contributed by atoms with E-state index in [4.69, 9.17) is 10.8 Å². The first kappa shape index (κ1) is 23.9. The summed E-state index contributed by atoms with van der Waals surface area (Å²) in [5, 5.41) is 37.4. The van der Waals surface area contributed by atoms with Crippen LogP contribution in [0.5, 0.6) is 0 Å². The van der Waals surface area contributed by atoms with Gasteiger partial charge in [0.15, 0.2) is 5.82 Å². The van der Waals surface area contributed by atoms with Gasteiger partial charge in [0, 0.05) is 23.7 Å². The zero-order valence-corrected chi connectivity index (χ0v) is 17.8. The molecule has 0 amide bonds. The van der Waals surface area contributed by atoms with Gasteiger partial charge in [0.1, 0.15) is 28.4 Å². The molecule has 3 rings (SSSR count). The SMILES string of the molecule is C=C(NC1=CC(C#N)=CN(/N=C\C=N)N=C1)/C(C=N)=C(/Nc1ncnc2scnc12)C(F)(F)F. The van der Waals surface area contributed by atoms with Crippen LogP contribution >= 0.6 is 11.3 Å². The number of allylic oxidation sites excluding steroid dienone is 5. The molecular formula is C19H14F3N11S. The zero-order valence-electron chi connectivity index (χ0n) is 17.0. The van der Waals surface area contributed by atoms with Gasteiger partial charge in [-0.3, -0.25) is 0 Å². The number of hydrogen-bond acceptors (Lipinski definition) is 12. The Morgan fingerprint density at radius 3 is 2.74 bits per heavy atom. The molecule has 0 spiro atoms. The van der Waals surface area contributed by atoms with Gasteiger partial charge in [-0.25, -0.2) is 15.0 Å². The molecule has 4 N–H and O–H groups in total. The van der Waals surface area contributed by atoms with Gasteiger partial charge in [-0.05, 0) is 6.08 Å². The number of nitrogens with one attached hydrogen (secondary N) is 4. The Morgan fingerprint density at radius 1 is 1.26 bits per heavy atom. The van der Waals surface area contributed by atoms with Crippen LogP contribution < -0.4 is 10.6 Å². The zero-order chi connectivity index (χ0) is 24.7. The molecule has 1 aliphatic heterocycles. The molecule has 15 heteroatoms. The highest BCUT2D eigenvalue weighted by Gasteiger charge is 2.38. The molecule has 34 heavy (non-hydrogen) atoms. The number of thiazole rings is 1. The maximum atomic E-state index is 14.0. The van der Waals surface area contributed by atoms with E-state index >= 15 is 0 Å². The van der Waals surface area contributed by atoms with E-state index in [1.54, 1.807) is 0 Å². The van der Waals surface area contributed by atoms with E-state index in [0.29, 0.717) is 11.0 Å². The fourth-order valence-electron chi connectivity index (χ4n) is 2.56. The van der Waals surface area contributed by atoms with E-state index in [0.717, 1.165) is 35.2 Å². The molecule has 0 atom stereocenters. The molecule has 0 bridgehead atoms. The molecule has 2 aromatic rings. The van der Waals surface area contributed by atoms with Crippen LogP contribution in [0.15, 0.2) is 69.1 Å². The summed E-state index contributed by atoms with van der Waals surface area (Å²) in [6.07, 6.45) is 2.44. The van der Waals surface area contributed by atoms with Crippen molar-refractivity contribution in [2.24, 2.45) is 10.2 Å². The number of hydrogen-bond donors (Lipinski definition) is 4. The molecular weight excluding hydrogens is 471 g/mol.